The Morgan fingerprint density at radius 3 is 2.60 bits per heavy atom. The summed E-state index contributed by atoms with van der Waals surface area (Å²) in [7, 11) is 3.41. The monoisotopic (exact) mass is 225 g/mol. The molecule has 0 radical (unpaired) electrons. The third-order valence-corrected chi connectivity index (χ3v) is 2.87. The Bertz CT molecular complexity index is 345. The fraction of sp³-hybridized carbons (Fsp3) is 0.333. The minimum Gasteiger partial charge on any atom is -0.370 e. The third kappa shape index (κ3) is 2.95. The molecule has 0 fully saturated rings. The summed E-state index contributed by atoms with van der Waals surface area (Å²) in [6, 6.07) is 3.99. The molecule has 4 N–H and O–H groups in total. The molecule has 6 heteroatoms. The lowest BCUT2D eigenvalue weighted by molar-refractivity contribution is 0.444. The molecule has 0 saturated heterocycles. The standard InChI is InChI=1S/C9H15N5S/c1-13(6-7-4-3-5-15-7)9(12)14(2)8(10)11/h3-5,12H,6H2,1-2H3,(H3,10,11). The van der Waals surface area contributed by atoms with Crippen molar-refractivity contribution >= 4 is 23.3 Å². The number of hydrogen-bond donors (Lipinski definition) is 3. The van der Waals surface area contributed by atoms with E-state index in [0.29, 0.717) is 6.54 Å². The lowest BCUT2D eigenvalue weighted by atomic mass is 10.4. The maximum atomic E-state index is 7.77. The topological polar surface area (TPSA) is 80.2 Å². The van der Waals surface area contributed by atoms with Gasteiger partial charge in [-0.05, 0) is 11.4 Å². The van der Waals surface area contributed by atoms with Crippen LogP contribution in [-0.2, 0) is 6.54 Å². The van der Waals surface area contributed by atoms with Crippen LogP contribution in [0.5, 0.6) is 0 Å². The van der Waals surface area contributed by atoms with Crippen LogP contribution in [-0.4, -0.2) is 35.8 Å². The Morgan fingerprint density at radius 1 is 1.47 bits per heavy atom. The zero-order valence-electron chi connectivity index (χ0n) is 8.82. The van der Waals surface area contributed by atoms with E-state index in [4.69, 9.17) is 16.6 Å². The molecule has 0 bridgehead atoms. The van der Waals surface area contributed by atoms with Gasteiger partial charge in [0.1, 0.15) is 0 Å². The van der Waals surface area contributed by atoms with E-state index in [2.05, 4.69) is 0 Å². The summed E-state index contributed by atoms with van der Waals surface area (Å²) in [6.07, 6.45) is 0. The van der Waals surface area contributed by atoms with Crippen molar-refractivity contribution in [3.8, 4) is 0 Å². The molecule has 0 aromatic carbocycles. The van der Waals surface area contributed by atoms with E-state index in [1.165, 1.54) is 9.78 Å². The van der Waals surface area contributed by atoms with Gasteiger partial charge in [-0.1, -0.05) is 6.07 Å². The van der Waals surface area contributed by atoms with Crippen LogP contribution in [0.25, 0.3) is 0 Å². The van der Waals surface area contributed by atoms with Gasteiger partial charge < -0.3 is 10.6 Å². The maximum absolute atomic E-state index is 7.77. The predicted molar refractivity (Wildman–Crippen MR) is 63.2 cm³/mol. The molecule has 0 saturated carbocycles. The van der Waals surface area contributed by atoms with Crippen molar-refractivity contribution < 1.29 is 0 Å². The second kappa shape index (κ2) is 4.79. The molecule has 1 heterocycles. The van der Waals surface area contributed by atoms with Crippen LogP contribution in [0, 0.1) is 10.8 Å². The van der Waals surface area contributed by atoms with Crippen molar-refractivity contribution in [1.29, 1.82) is 10.8 Å². The minimum atomic E-state index is -0.127. The van der Waals surface area contributed by atoms with Gasteiger partial charge in [0, 0.05) is 19.0 Å². The summed E-state index contributed by atoms with van der Waals surface area (Å²) in [6.45, 7) is 0.661. The van der Waals surface area contributed by atoms with Crippen LogP contribution < -0.4 is 5.73 Å². The van der Waals surface area contributed by atoms with Gasteiger partial charge in [-0.3, -0.25) is 15.7 Å². The molecular weight excluding hydrogens is 210 g/mol. The van der Waals surface area contributed by atoms with E-state index in [1.54, 1.807) is 23.3 Å². The van der Waals surface area contributed by atoms with Crippen LogP contribution >= 0.6 is 11.3 Å². The van der Waals surface area contributed by atoms with Crippen molar-refractivity contribution in [3.05, 3.63) is 22.4 Å². The molecule has 0 unspecified atom stereocenters. The highest BCUT2D eigenvalue weighted by atomic mass is 32.1. The number of hydrogen-bond acceptors (Lipinski definition) is 3. The second-order valence-electron chi connectivity index (χ2n) is 3.20. The molecule has 1 aromatic rings. The third-order valence-electron chi connectivity index (χ3n) is 2.01. The fourth-order valence-corrected chi connectivity index (χ4v) is 1.84. The first-order chi connectivity index (χ1) is 7.02. The minimum absolute atomic E-state index is 0.127. The summed E-state index contributed by atoms with van der Waals surface area (Å²) in [5, 5.41) is 17.0. The Hall–Kier alpha value is -1.56. The van der Waals surface area contributed by atoms with E-state index in [9.17, 15) is 0 Å². The lowest BCUT2D eigenvalue weighted by Gasteiger charge is -2.26. The Morgan fingerprint density at radius 2 is 2.13 bits per heavy atom. The van der Waals surface area contributed by atoms with Gasteiger partial charge in [0.2, 0.25) is 0 Å². The Kier molecular flexibility index (Phi) is 3.68. The van der Waals surface area contributed by atoms with Gasteiger partial charge in [-0.25, -0.2) is 0 Å². The molecule has 0 aliphatic rings. The normalized spacial score (nSPS) is 9.73. The average Bonchev–Trinajstić information content (AvgIpc) is 2.67. The molecule has 0 spiro atoms. The first-order valence-corrected chi connectivity index (χ1v) is 5.30. The van der Waals surface area contributed by atoms with Crippen molar-refractivity contribution in [2.75, 3.05) is 14.1 Å². The molecule has 5 nitrogen and oxygen atoms in total. The maximum Gasteiger partial charge on any atom is 0.200 e. The highest BCUT2D eigenvalue weighted by Crippen LogP contribution is 2.11. The van der Waals surface area contributed by atoms with E-state index < -0.39 is 0 Å². The predicted octanol–water partition coefficient (Wildman–Crippen LogP) is 0.940. The van der Waals surface area contributed by atoms with Gasteiger partial charge in [-0.15, -0.1) is 11.3 Å². The molecular formula is C9H15N5S. The number of nitrogens with one attached hydrogen (secondary N) is 2. The van der Waals surface area contributed by atoms with Crippen molar-refractivity contribution in [3.63, 3.8) is 0 Å². The Balaban J connectivity index is 2.57. The lowest BCUT2D eigenvalue weighted by Crippen LogP contribution is -2.45. The van der Waals surface area contributed by atoms with Gasteiger partial charge >= 0.3 is 0 Å². The van der Waals surface area contributed by atoms with Crippen LogP contribution in [0.1, 0.15) is 4.88 Å². The smallest absolute Gasteiger partial charge is 0.200 e. The van der Waals surface area contributed by atoms with Crippen LogP contribution in [0.15, 0.2) is 17.5 Å². The van der Waals surface area contributed by atoms with E-state index in [-0.39, 0.29) is 11.9 Å². The second-order valence-corrected chi connectivity index (χ2v) is 4.24. The first-order valence-electron chi connectivity index (χ1n) is 4.42. The zero-order chi connectivity index (χ0) is 11.4. The summed E-state index contributed by atoms with van der Waals surface area (Å²) < 4.78 is 0. The molecule has 15 heavy (non-hydrogen) atoms. The number of thiophene rings is 1. The molecule has 0 amide bonds. The first kappa shape index (κ1) is 11.5. The van der Waals surface area contributed by atoms with Crippen molar-refractivity contribution in [2.45, 2.75) is 6.54 Å². The summed E-state index contributed by atoms with van der Waals surface area (Å²) in [5.74, 6) is 0.0916. The van der Waals surface area contributed by atoms with Gasteiger partial charge in [0.05, 0.1) is 6.54 Å². The van der Waals surface area contributed by atoms with Crippen molar-refractivity contribution in [1.82, 2.24) is 9.80 Å². The van der Waals surface area contributed by atoms with Crippen LogP contribution in [0.3, 0.4) is 0 Å². The van der Waals surface area contributed by atoms with E-state index in [1.807, 2.05) is 24.6 Å². The SMILES string of the molecule is CN(Cc1cccs1)C(=N)N(C)C(=N)N. The van der Waals surface area contributed by atoms with E-state index in [0.717, 1.165) is 0 Å². The molecule has 0 aliphatic heterocycles. The van der Waals surface area contributed by atoms with Crippen molar-refractivity contribution in [2.24, 2.45) is 5.73 Å². The average molecular weight is 225 g/mol. The van der Waals surface area contributed by atoms with Gasteiger partial charge in [0.25, 0.3) is 0 Å². The number of rotatable bonds is 2. The Labute approximate surface area is 93.1 Å². The number of nitrogens with zero attached hydrogens (tertiary/aromatic N) is 2. The van der Waals surface area contributed by atoms with Gasteiger partial charge in [-0.2, -0.15) is 0 Å². The highest BCUT2D eigenvalue weighted by Gasteiger charge is 2.12. The number of nitrogens with two attached hydrogens (primary N) is 1. The quantitative estimate of drug-likeness (QED) is 0.517. The molecule has 0 atom stereocenters. The zero-order valence-corrected chi connectivity index (χ0v) is 9.64. The van der Waals surface area contributed by atoms with Crippen LogP contribution in [0.2, 0.25) is 0 Å². The van der Waals surface area contributed by atoms with Gasteiger partial charge in [0.15, 0.2) is 11.9 Å². The molecule has 1 rings (SSSR count). The summed E-state index contributed by atoms with van der Waals surface area (Å²) in [5.41, 5.74) is 5.29. The molecule has 1 aromatic heterocycles. The summed E-state index contributed by atoms with van der Waals surface area (Å²) in [4.78, 5) is 4.25. The largest absolute Gasteiger partial charge is 0.370 e. The highest BCUT2D eigenvalue weighted by molar-refractivity contribution is 7.09. The summed E-state index contributed by atoms with van der Waals surface area (Å²) >= 11 is 1.65. The molecule has 82 valence electrons. The fourth-order valence-electron chi connectivity index (χ4n) is 1.08. The molecule has 0 aliphatic carbocycles. The van der Waals surface area contributed by atoms with E-state index >= 15 is 0 Å². The van der Waals surface area contributed by atoms with Crippen LogP contribution in [0.4, 0.5) is 0 Å². The number of guanidine groups is 2.